The molecule has 0 bridgehead atoms. The van der Waals surface area contributed by atoms with Gasteiger partial charge in [-0.15, -0.1) is 0 Å². The van der Waals surface area contributed by atoms with Crippen LogP contribution >= 0.6 is 0 Å². The smallest absolute Gasteiger partial charge is 0.220 e. The Morgan fingerprint density at radius 1 is 1.83 bits per heavy atom. The lowest BCUT2D eigenvalue weighted by molar-refractivity contribution is -0.129. The number of carbonyl (C=O) groups excluding carboxylic acids is 1. The molecule has 1 unspecified atom stereocenters. The number of rotatable bonds is 0. The lowest BCUT2D eigenvalue weighted by atomic mass is 10.2. The average molecular weight is 165 g/mol. The quantitative estimate of drug-likeness (QED) is 0.548. The summed E-state index contributed by atoms with van der Waals surface area (Å²) in [5.74, 6) is -0.0456. The van der Waals surface area contributed by atoms with Crippen molar-refractivity contribution >= 4 is 5.91 Å². The normalized spacial score (nSPS) is 22.8. The summed E-state index contributed by atoms with van der Waals surface area (Å²) < 4.78 is 0. The lowest BCUT2D eigenvalue weighted by Crippen LogP contribution is -2.35. The van der Waals surface area contributed by atoms with Crippen molar-refractivity contribution in [1.29, 1.82) is 5.26 Å². The number of hydrogen-bond acceptors (Lipinski definition) is 3. The Balaban J connectivity index is 2.88. The molecular formula is C8H11N3O. The lowest BCUT2D eigenvalue weighted by Gasteiger charge is -2.20. The van der Waals surface area contributed by atoms with Crippen molar-refractivity contribution in [2.24, 2.45) is 5.73 Å². The van der Waals surface area contributed by atoms with Crippen LogP contribution < -0.4 is 5.73 Å². The molecule has 0 fully saturated rings. The minimum atomic E-state index is -0.128. The molecule has 1 aliphatic rings. The maximum absolute atomic E-state index is 11.0. The number of carbonyl (C=O) groups is 1. The van der Waals surface area contributed by atoms with Crippen LogP contribution in [0.3, 0.4) is 0 Å². The van der Waals surface area contributed by atoms with Crippen molar-refractivity contribution < 1.29 is 4.79 Å². The fraction of sp³-hybridized carbons (Fsp3) is 0.500. The standard InChI is InChI=1S/C8H11N3O/c1-5-8(10)7(3-9)4-11(5)6(2)12/h5H,4,10H2,1-2H3. The molecule has 0 spiro atoms. The second-order valence-corrected chi connectivity index (χ2v) is 2.87. The van der Waals surface area contributed by atoms with E-state index in [1.807, 2.05) is 13.0 Å². The van der Waals surface area contributed by atoms with Crippen molar-refractivity contribution in [2.45, 2.75) is 19.9 Å². The molecule has 12 heavy (non-hydrogen) atoms. The highest BCUT2D eigenvalue weighted by Crippen LogP contribution is 2.19. The molecule has 2 N–H and O–H groups in total. The van der Waals surface area contributed by atoms with Gasteiger partial charge in [-0.25, -0.2) is 0 Å². The second kappa shape index (κ2) is 2.86. The Bertz CT molecular complexity index is 287. The van der Waals surface area contributed by atoms with Gasteiger partial charge in [0, 0.05) is 12.6 Å². The molecule has 4 nitrogen and oxygen atoms in total. The highest BCUT2D eigenvalue weighted by molar-refractivity contribution is 5.75. The largest absolute Gasteiger partial charge is 0.399 e. The van der Waals surface area contributed by atoms with Gasteiger partial charge in [-0.05, 0) is 6.92 Å². The molecule has 0 saturated heterocycles. The topological polar surface area (TPSA) is 70.1 Å². The predicted molar refractivity (Wildman–Crippen MR) is 43.7 cm³/mol. The van der Waals surface area contributed by atoms with E-state index in [0.717, 1.165) is 0 Å². The van der Waals surface area contributed by atoms with Gasteiger partial charge in [0.1, 0.15) is 0 Å². The summed E-state index contributed by atoms with van der Waals surface area (Å²) in [6.45, 7) is 3.66. The summed E-state index contributed by atoms with van der Waals surface area (Å²) >= 11 is 0. The summed E-state index contributed by atoms with van der Waals surface area (Å²) in [7, 11) is 0. The molecule has 0 saturated carbocycles. The van der Waals surface area contributed by atoms with E-state index in [9.17, 15) is 4.79 Å². The second-order valence-electron chi connectivity index (χ2n) is 2.87. The Morgan fingerprint density at radius 3 is 2.67 bits per heavy atom. The van der Waals surface area contributed by atoms with E-state index in [1.165, 1.54) is 6.92 Å². The van der Waals surface area contributed by atoms with Crippen LogP contribution in [0.1, 0.15) is 13.8 Å². The number of nitriles is 1. The summed E-state index contributed by atoms with van der Waals surface area (Å²) in [5.41, 5.74) is 6.66. The van der Waals surface area contributed by atoms with Gasteiger partial charge in [-0.2, -0.15) is 5.26 Å². The Morgan fingerprint density at radius 2 is 2.42 bits per heavy atom. The molecule has 4 heteroatoms. The molecule has 64 valence electrons. The fourth-order valence-electron chi connectivity index (χ4n) is 1.30. The van der Waals surface area contributed by atoms with E-state index in [0.29, 0.717) is 17.8 Å². The van der Waals surface area contributed by atoms with Gasteiger partial charge in [-0.3, -0.25) is 4.79 Å². The SMILES string of the molecule is CC(=O)N1CC(C#N)=C(N)C1C. The summed E-state index contributed by atoms with van der Waals surface area (Å²) in [6, 6.07) is 1.86. The van der Waals surface area contributed by atoms with Crippen molar-refractivity contribution in [1.82, 2.24) is 4.90 Å². The van der Waals surface area contributed by atoms with E-state index in [1.54, 1.807) is 4.90 Å². The van der Waals surface area contributed by atoms with Crippen LogP contribution in [0.25, 0.3) is 0 Å². The summed E-state index contributed by atoms with van der Waals surface area (Å²) in [5, 5.41) is 8.63. The van der Waals surface area contributed by atoms with Gasteiger partial charge in [0.05, 0.1) is 24.2 Å². The number of nitrogens with two attached hydrogens (primary N) is 1. The minimum Gasteiger partial charge on any atom is -0.399 e. The summed E-state index contributed by atoms with van der Waals surface area (Å²) in [4.78, 5) is 12.6. The fourth-order valence-corrected chi connectivity index (χ4v) is 1.30. The van der Waals surface area contributed by atoms with E-state index >= 15 is 0 Å². The number of nitrogens with zero attached hydrogens (tertiary/aromatic N) is 2. The van der Waals surface area contributed by atoms with Crippen LogP contribution in [-0.2, 0) is 4.79 Å². The molecule has 1 aliphatic heterocycles. The van der Waals surface area contributed by atoms with E-state index < -0.39 is 0 Å². The molecule has 1 amide bonds. The third kappa shape index (κ3) is 1.14. The molecule has 1 atom stereocenters. The zero-order valence-electron chi connectivity index (χ0n) is 7.16. The van der Waals surface area contributed by atoms with Crippen LogP contribution in [0, 0.1) is 11.3 Å². The minimum absolute atomic E-state index is 0.0456. The van der Waals surface area contributed by atoms with Gasteiger partial charge >= 0.3 is 0 Å². The van der Waals surface area contributed by atoms with Crippen LogP contribution in [0.5, 0.6) is 0 Å². The van der Waals surface area contributed by atoms with Crippen LogP contribution in [-0.4, -0.2) is 23.4 Å². The van der Waals surface area contributed by atoms with Crippen LogP contribution in [0.2, 0.25) is 0 Å². The number of hydrogen-bond donors (Lipinski definition) is 1. The maximum Gasteiger partial charge on any atom is 0.220 e. The van der Waals surface area contributed by atoms with Gasteiger partial charge in [0.2, 0.25) is 5.91 Å². The van der Waals surface area contributed by atoms with Gasteiger partial charge < -0.3 is 10.6 Å². The molecule has 1 heterocycles. The molecular weight excluding hydrogens is 154 g/mol. The van der Waals surface area contributed by atoms with Gasteiger partial charge in [0.15, 0.2) is 0 Å². The molecule has 0 aliphatic carbocycles. The highest BCUT2D eigenvalue weighted by Gasteiger charge is 2.28. The number of amides is 1. The monoisotopic (exact) mass is 165 g/mol. The van der Waals surface area contributed by atoms with E-state index in [2.05, 4.69) is 0 Å². The first kappa shape index (κ1) is 8.60. The summed E-state index contributed by atoms with van der Waals surface area (Å²) in [6.07, 6.45) is 0. The molecule has 0 aromatic heterocycles. The van der Waals surface area contributed by atoms with Crippen molar-refractivity contribution in [3.8, 4) is 6.07 Å². The zero-order valence-corrected chi connectivity index (χ0v) is 7.16. The van der Waals surface area contributed by atoms with Crippen molar-refractivity contribution in [2.75, 3.05) is 6.54 Å². The van der Waals surface area contributed by atoms with Crippen molar-refractivity contribution in [3.05, 3.63) is 11.3 Å². The first-order valence-corrected chi connectivity index (χ1v) is 3.73. The Labute approximate surface area is 71.3 Å². The maximum atomic E-state index is 11.0. The predicted octanol–water partition coefficient (Wildman–Crippen LogP) is -0.0266. The Hall–Kier alpha value is -1.50. The first-order chi connectivity index (χ1) is 5.57. The molecule has 0 aromatic carbocycles. The highest BCUT2D eigenvalue weighted by atomic mass is 16.2. The average Bonchev–Trinajstić information content (AvgIpc) is 2.30. The van der Waals surface area contributed by atoms with Gasteiger partial charge in [0.25, 0.3) is 0 Å². The molecule has 0 radical (unpaired) electrons. The van der Waals surface area contributed by atoms with Crippen LogP contribution in [0.4, 0.5) is 0 Å². The van der Waals surface area contributed by atoms with Crippen LogP contribution in [0.15, 0.2) is 11.3 Å². The molecule has 0 aromatic rings. The van der Waals surface area contributed by atoms with Crippen molar-refractivity contribution in [3.63, 3.8) is 0 Å². The Kier molecular flexibility index (Phi) is 2.05. The van der Waals surface area contributed by atoms with Gasteiger partial charge in [-0.1, -0.05) is 0 Å². The zero-order chi connectivity index (χ0) is 9.30. The third-order valence-electron chi connectivity index (χ3n) is 2.13. The third-order valence-corrected chi connectivity index (χ3v) is 2.13. The molecule has 1 rings (SSSR count). The first-order valence-electron chi connectivity index (χ1n) is 3.73. The van der Waals surface area contributed by atoms with E-state index in [-0.39, 0.29) is 11.9 Å². The van der Waals surface area contributed by atoms with E-state index in [4.69, 9.17) is 11.0 Å².